The fourth-order valence-electron chi connectivity index (χ4n) is 2.60. The van der Waals surface area contributed by atoms with E-state index in [1.165, 1.54) is 12.8 Å². The molecule has 1 heterocycles. The number of aliphatic imine (C=N–C) groups is 1. The minimum absolute atomic E-state index is 0.236. The number of carbonyl (C=O) groups is 1. The molecule has 1 unspecified atom stereocenters. The lowest BCUT2D eigenvalue weighted by molar-refractivity contribution is -0.129. The molecule has 1 atom stereocenters. The number of carbonyl (C=O) groups excluding carboxylic acids is 1. The molecule has 0 spiro atoms. The zero-order chi connectivity index (χ0) is 15.8. The molecule has 2 aliphatic rings. The van der Waals surface area contributed by atoms with Crippen molar-refractivity contribution in [1.82, 2.24) is 15.5 Å². The van der Waals surface area contributed by atoms with Gasteiger partial charge >= 0.3 is 0 Å². The van der Waals surface area contributed by atoms with Gasteiger partial charge in [0, 0.05) is 38.7 Å². The fourth-order valence-corrected chi connectivity index (χ4v) is 2.60. The first-order chi connectivity index (χ1) is 10.7. The second-order valence-electron chi connectivity index (χ2n) is 6.10. The number of nitrogens with zero attached hydrogens (tertiary/aromatic N) is 2. The number of hydrogen-bond acceptors (Lipinski definition) is 3. The van der Waals surface area contributed by atoms with Crippen LogP contribution in [0, 0.1) is 5.92 Å². The van der Waals surface area contributed by atoms with Crippen LogP contribution in [0.4, 0.5) is 0 Å². The Morgan fingerprint density at radius 3 is 2.82 bits per heavy atom. The van der Waals surface area contributed by atoms with Crippen molar-refractivity contribution in [3.05, 3.63) is 0 Å². The molecule has 6 heteroatoms. The zero-order valence-corrected chi connectivity index (χ0v) is 13.9. The van der Waals surface area contributed by atoms with Crippen molar-refractivity contribution in [2.45, 2.75) is 45.6 Å². The van der Waals surface area contributed by atoms with Gasteiger partial charge in [0.1, 0.15) is 0 Å². The number of ether oxygens (including phenoxy) is 1. The Labute approximate surface area is 133 Å². The van der Waals surface area contributed by atoms with Crippen molar-refractivity contribution in [1.29, 1.82) is 0 Å². The van der Waals surface area contributed by atoms with Gasteiger partial charge in [-0.2, -0.15) is 0 Å². The van der Waals surface area contributed by atoms with Gasteiger partial charge in [0.15, 0.2) is 5.96 Å². The Morgan fingerprint density at radius 1 is 1.32 bits per heavy atom. The standard InChI is InChI=1S/C16H30N4O2/c1-3-15(21)20-9-7-14(11-20)19-16(17-4-2)18-8-10-22-12-13-5-6-13/h13-14H,3-12H2,1-2H3,(H2,17,18,19). The molecule has 2 rings (SSSR count). The molecule has 0 bridgehead atoms. The Balaban J connectivity index is 1.69. The van der Waals surface area contributed by atoms with Crippen molar-refractivity contribution in [2.75, 3.05) is 39.4 Å². The average Bonchev–Trinajstić information content (AvgIpc) is 3.23. The van der Waals surface area contributed by atoms with Gasteiger partial charge in [-0.1, -0.05) is 6.92 Å². The first kappa shape index (κ1) is 17.1. The third-order valence-corrected chi connectivity index (χ3v) is 4.08. The maximum absolute atomic E-state index is 11.7. The highest BCUT2D eigenvalue weighted by molar-refractivity contribution is 5.80. The maximum atomic E-state index is 11.7. The van der Waals surface area contributed by atoms with Gasteiger partial charge in [-0.25, -0.2) is 0 Å². The third kappa shape index (κ3) is 5.83. The van der Waals surface area contributed by atoms with E-state index in [2.05, 4.69) is 22.5 Å². The van der Waals surface area contributed by atoms with Crippen LogP contribution < -0.4 is 10.6 Å². The number of guanidine groups is 1. The van der Waals surface area contributed by atoms with Gasteiger partial charge in [0.25, 0.3) is 0 Å². The number of nitrogens with one attached hydrogen (secondary N) is 2. The van der Waals surface area contributed by atoms with E-state index in [4.69, 9.17) is 4.74 Å². The predicted octanol–water partition coefficient (Wildman–Crippen LogP) is 0.979. The summed E-state index contributed by atoms with van der Waals surface area (Å²) in [6.07, 6.45) is 4.21. The Bertz CT molecular complexity index is 382. The minimum atomic E-state index is 0.236. The van der Waals surface area contributed by atoms with Crippen LogP contribution in [0.2, 0.25) is 0 Å². The first-order valence-electron chi connectivity index (χ1n) is 8.63. The van der Waals surface area contributed by atoms with Crippen LogP contribution in [-0.4, -0.2) is 62.2 Å². The van der Waals surface area contributed by atoms with Gasteiger partial charge in [-0.05, 0) is 32.1 Å². The van der Waals surface area contributed by atoms with Crippen molar-refractivity contribution in [2.24, 2.45) is 10.9 Å². The van der Waals surface area contributed by atoms with Crippen LogP contribution in [0.5, 0.6) is 0 Å². The number of rotatable bonds is 8. The molecule has 1 aliphatic heterocycles. The molecule has 1 saturated heterocycles. The van der Waals surface area contributed by atoms with Crippen LogP contribution in [0.25, 0.3) is 0 Å². The summed E-state index contributed by atoms with van der Waals surface area (Å²) in [5.41, 5.74) is 0. The van der Waals surface area contributed by atoms with E-state index >= 15 is 0 Å². The van der Waals surface area contributed by atoms with Crippen LogP contribution in [-0.2, 0) is 9.53 Å². The summed E-state index contributed by atoms with van der Waals surface area (Å²) in [5.74, 6) is 1.86. The molecule has 22 heavy (non-hydrogen) atoms. The molecular formula is C16H30N4O2. The topological polar surface area (TPSA) is 66.0 Å². The molecule has 1 saturated carbocycles. The number of amides is 1. The maximum Gasteiger partial charge on any atom is 0.222 e. The van der Waals surface area contributed by atoms with Crippen LogP contribution in [0.15, 0.2) is 4.99 Å². The predicted molar refractivity (Wildman–Crippen MR) is 87.9 cm³/mol. The van der Waals surface area contributed by atoms with E-state index in [-0.39, 0.29) is 5.91 Å². The van der Waals surface area contributed by atoms with Crippen molar-refractivity contribution in [3.8, 4) is 0 Å². The van der Waals surface area contributed by atoms with Gasteiger partial charge in [-0.15, -0.1) is 0 Å². The lowest BCUT2D eigenvalue weighted by Crippen LogP contribution is -2.45. The largest absolute Gasteiger partial charge is 0.379 e. The lowest BCUT2D eigenvalue weighted by Gasteiger charge is -2.18. The summed E-state index contributed by atoms with van der Waals surface area (Å²) < 4.78 is 5.60. The van der Waals surface area contributed by atoms with Crippen LogP contribution in [0.3, 0.4) is 0 Å². The summed E-state index contributed by atoms with van der Waals surface area (Å²) >= 11 is 0. The first-order valence-corrected chi connectivity index (χ1v) is 8.63. The summed E-state index contributed by atoms with van der Waals surface area (Å²) in [6.45, 7) is 8.65. The molecule has 2 N–H and O–H groups in total. The molecule has 0 aromatic carbocycles. The second kappa shape index (κ2) is 8.98. The molecule has 1 amide bonds. The van der Waals surface area contributed by atoms with E-state index in [1.807, 2.05) is 11.8 Å². The highest BCUT2D eigenvalue weighted by Crippen LogP contribution is 2.28. The van der Waals surface area contributed by atoms with Gasteiger partial charge in [-0.3, -0.25) is 9.79 Å². The average molecular weight is 310 g/mol. The van der Waals surface area contributed by atoms with E-state index in [9.17, 15) is 4.79 Å². The Hall–Kier alpha value is -1.30. The molecule has 0 aromatic rings. The third-order valence-electron chi connectivity index (χ3n) is 4.08. The van der Waals surface area contributed by atoms with Crippen molar-refractivity contribution < 1.29 is 9.53 Å². The normalized spacial score (nSPS) is 22.0. The molecule has 126 valence electrons. The summed E-state index contributed by atoms with van der Waals surface area (Å²) in [6, 6.07) is 0.292. The molecule has 0 aromatic heterocycles. The Morgan fingerprint density at radius 2 is 2.14 bits per heavy atom. The van der Waals surface area contributed by atoms with Crippen molar-refractivity contribution in [3.63, 3.8) is 0 Å². The van der Waals surface area contributed by atoms with Gasteiger partial charge in [0.2, 0.25) is 5.91 Å². The lowest BCUT2D eigenvalue weighted by atomic mass is 10.3. The van der Waals surface area contributed by atoms with Gasteiger partial charge in [0.05, 0.1) is 13.2 Å². The smallest absolute Gasteiger partial charge is 0.222 e. The van der Waals surface area contributed by atoms with E-state index in [0.29, 0.717) is 25.6 Å². The van der Waals surface area contributed by atoms with Crippen LogP contribution in [0.1, 0.15) is 39.5 Å². The highest BCUT2D eigenvalue weighted by Gasteiger charge is 2.25. The zero-order valence-electron chi connectivity index (χ0n) is 13.9. The molecule has 6 nitrogen and oxygen atoms in total. The summed E-state index contributed by atoms with van der Waals surface area (Å²) in [7, 11) is 0. The van der Waals surface area contributed by atoms with Crippen molar-refractivity contribution >= 4 is 11.9 Å². The Kier molecular flexibility index (Phi) is 6.96. The monoisotopic (exact) mass is 310 g/mol. The number of likely N-dealkylation sites (tertiary alicyclic amines) is 1. The van der Waals surface area contributed by atoms with Crippen LogP contribution >= 0.6 is 0 Å². The van der Waals surface area contributed by atoms with E-state index in [1.54, 1.807) is 0 Å². The fraction of sp³-hybridized carbons (Fsp3) is 0.875. The SMILES string of the molecule is CCNC(=NCCOCC1CC1)NC1CCN(C(=O)CC)C1. The molecular weight excluding hydrogens is 280 g/mol. The van der Waals surface area contributed by atoms with Gasteiger partial charge < -0.3 is 20.3 Å². The molecule has 2 fully saturated rings. The quantitative estimate of drug-likeness (QED) is 0.398. The van der Waals surface area contributed by atoms with E-state index in [0.717, 1.165) is 44.5 Å². The summed E-state index contributed by atoms with van der Waals surface area (Å²) in [4.78, 5) is 18.2. The molecule has 0 radical (unpaired) electrons. The van der Waals surface area contributed by atoms with E-state index < -0.39 is 0 Å². The molecule has 1 aliphatic carbocycles. The highest BCUT2D eigenvalue weighted by atomic mass is 16.5. The summed E-state index contributed by atoms with van der Waals surface area (Å²) in [5, 5.41) is 6.69. The second-order valence-corrected chi connectivity index (χ2v) is 6.10. The minimum Gasteiger partial charge on any atom is -0.379 e. The number of hydrogen-bond donors (Lipinski definition) is 2.